The summed E-state index contributed by atoms with van der Waals surface area (Å²) in [4.78, 5) is 27.0. The normalized spacial score (nSPS) is 19.6. The Balaban J connectivity index is 1.32. The molecule has 0 radical (unpaired) electrons. The van der Waals surface area contributed by atoms with Crippen molar-refractivity contribution in [1.82, 2.24) is 4.90 Å². The standard InChI is InChI=1S/C25H21FN2O5S/c26-18-5-3-6-20(15-18)34(31,32)27-19-11-9-17(10-12-19)23(29)28-14-4-13-25(16-28)22-8-2-1-7-21(22)24(30)33-25/h1-3,5-12,15,27H,4,13-14,16H2. The number of piperidine rings is 1. The van der Waals surface area contributed by atoms with E-state index in [9.17, 15) is 22.4 Å². The molecule has 5 rings (SSSR count). The number of hydrogen-bond acceptors (Lipinski definition) is 5. The summed E-state index contributed by atoms with van der Waals surface area (Å²) in [5.74, 6) is -1.27. The average molecular weight is 481 g/mol. The minimum atomic E-state index is -3.97. The van der Waals surface area contributed by atoms with Gasteiger partial charge in [0.2, 0.25) is 0 Å². The zero-order valence-corrected chi connectivity index (χ0v) is 18.8. The lowest BCUT2D eigenvalue weighted by atomic mass is 9.85. The quantitative estimate of drug-likeness (QED) is 0.572. The third kappa shape index (κ3) is 3.92. The van der Waals surface area contributed by atoms with Gasteiger partial charge in [-0.15, -0.1) is 0 Å². The fourth-order valence-corrected chi connectivity index (χ4v) is 5.65. The van der Waals surface area contributed by atoms with E-state index in [0.29, 0.717) is 30.5 Å². The Morgan fingerprint density at radius 2 is 1.79 bits per heavy atom. The Labute approximate surface area is 196 Å². The number of fused-ring (bicyclic) bond motifs is 2. The van der Waals surface area contributed by atoms with Crippen molar-refractivity contribution < 1.29 is 27.1 Å². The third-order valence-corrected chi connectivity index (χ3v) is 7.54. The topological polar surface area (TPSA) is 92.8 Å². The Hall–Kier alpha value is -3.72. The molecular formula is C25H21FN2O5S. The first-order chi connectivity index (χ1) is 16.3. The first-order valence-electron chi connectivity index (χ1n) is 10.8. The van der Waals surface area contributed by atoms with Crippen LogP contribution in [0.3, 0.4) is 0 Å². The molecule has 1 unspecified atom stereocenters. The van der Waals surface area contributed by atoms with E-state index >= 15 is 0 Å². The number of halogens is 1. The highest BCUT2D eigenvalue weighted by atomic mass is 32.2. The molecule has 1 amide bonds. The maximum atomic E-state index is 13.4. The van der Waals surface area contributed by atoms with Gasteiger partial charge in [0.05, 0.1) is 17.0 Å². The van der Waals surface area contributed by atoms with Crippen molar-refractivity contribution in [3.8, 4) is 0 Å². The molecule has 2 heterocycles. The SMILES string of the molecule is O=C1OC2(CCCN(C(=O)c3ccc(NS(=O)(=O)c4cccc(F)c4)cc3)C2)c2ccccc21. The van der Waals surface area contributed by atoms with Crippen LogP contribution in [0.25, 0.3) is 0 Å². The smallest absolute Gasteiger partial charge is 0.339 e. The molecule has 1 saturated heterocycles. The second-order valence-corrected chi connectivity index (χ2v) is 10.1. The van der Waals surface area contributed by atoms with Gasteiger partial charge in [0.15, 0.2) is 5.60 Å². The first kappa shape index (κ1) is 22.1. The van der Waals surface area contributed by atoms with E-state index in [-0.39, 0.29) is 29.0 Å². The highest BCUT2D eigenvalue weighted by molar-refractivity contribution is 7.92. The summed E-state index contributed by atoms with van der Waals surface area (Å²) < 4.78 is 46.5. The van der Waals surface area contributed by atoms with Gasteiger partial charge in [-0.3, -0.25) is 9.52 Å². The number of rotatable bonds is 4. The van der Waals surface area contributed by atoms with Crippen molar-refractivity contribution in [3.63, 3.8) is 0 Å². The number of benzene rings is 3. The summed E-state index contributed by atoms with van der Waals surface area (Å²) in [6, 6.07) is 18.0. The lowest BCUT2D eigenvalue weighted by molar-refractivity contribution is -0.0442. The number of likely N-dealkylation sites (tertiary alicyclic amines) is 1. The summed E-state index contributed by atoms with van der Waals surface area (Å²) in [5.41, 5.74) is 1.12. The summed E-state index contributed by atoms with van der Waals surface area (Å²) in [7, 11) is -3.97. The number of nitrogens with zero attached hydrogens (tertiary/aromatic N) is 1. The molecule has 1 atom stereocenters. The van der Waals surface area contributed by atoms with Gasteiger partial charge < -0.3 is 9.64 Å². The molecule has 0 saturated carbocycles. The number of ether oxygens (including phenoxy) is 1. The molecule has 3 aromatic rings. The van der Waals surface area contributed by atoms with Crippen LogP contribution in [0.2, 0.25) is 0 Å². The molecule has 0 aliphatic carbocycles. The zero-order valence-electron chi connectivity index (χ0n) is 18.0. The number of anilines is 1. The number of sulfonamides is 1. The molecular weight excluding hydrogens is 459 g/mol. The van der Waals surface area contributed by atoms with Crippen molar-refractivity contribution in [3.05, 3.63) is 95.3 Å². The molecule has 1 N–H and O–H groups in total. The van der Waals surface area contributed by atoms with Crippen LogP contribution >= 0.6 is 0 Å². The van der Waals surface area contributed by atoms with Crippen LogP contribution in [0, 0.1) is 5.82 Å². The highest BCUT2D eigenvalue weighted by Gasteiger charge is 2.48. The molecule has 3 aromatic carbocycles. The monoisotopic (exact) mass is 480 g/mol. The van der Waals surface area contributed by atoms with Gasteiger partial charge in [-0.1, -0.05) is 24.3 Å². The number of carbonyl (C=O) groups excluding carboxylic acids is 2. The molecule has 2 aliphatic rings. The Morgan fingerprint density at radius 1 is 1.03 bits per heavy atom. The summed E-state index contributed by atoms with van der Waals surface area (Å²) in [6.07, 6.45) is 1.32. The van der Waals surface area contributed by atoms with Crippen LogP contribution in [-0.2, 0) is 20.4 Å². The van der Waals surface area contributed by atoms with Crippen molar-refractivity contribution in [2.45, 2.75) is 23.3 Å². The van der Waals surface area contributed by atoms with E-state index in [0.717, 1.165) is 17.7 Å². The predicted octanol–water partition coefficient (Wildman–Crippen LogP) is 3.93. The second-order valence-electron chi connectivity index (χ2n) is 8.40. The maximum Gasteiger partial charge on any atom is 0.339 e. The van der Waals surface area contributed by atoms with Crippen LogP contribution in [0.4, 0.5) is 10.1 Å². The fraction of sp³-hybridized carbons (Fsp3) is 0.200. The molecule has 7 nitrogen and oxygen atoms in total. The van der Waals surface area contributed by atoms with Crippen LogP contribution in [-0.4, -0.2) is 38.3 Å². The lowest BCUT2D eigenvalue weighted by Gasteiger charge is -2.39. The van der Waals surface area contributed by atoms with E-state index < -0.39 is 21.4 Å². The second kappa shape index (κ2) is 8.25. The minimum absolute atomic E-state index is 0.197. The molecule has 174 valence electrons. The van der Waals surface area contributed by atoms with E-state index in [1.54, 1.807) is 17.0 Å². The van der Waals surface area contributed by atoms with E-state index in [4.69, 9.17) is 4.74 Å². The van der Waals surface area contributed by atoms with Crippen molar-refractivity contribution in [1.29, 1.82) is 0 Å². The van der Waals surface area contributed by atoms with Crippen LogP contribution < -0.4 is 4.72 Å². The average Bonchev–Trinajstić information content (AvgIpc) is 3.10. The van der Waals surface area contributed by atoms with E-state index in [1.165, 1.54) is 36.4 Å². The first-order valence-corrected chi connectivity index (χ1v) is 12.3. The molecule has 34 heavy (non-hydrogen) atoms. The third-order valence-electron chi connectivity index (χ3n) is 6.16. The van der Waals surface area contributed by atoms with Crippen LogP contribution in [0.5, 0.6) is 0 Å². The largest absolute Gasteiger partial charge is 0.449 e. The van der Waals surface area contributed by atoms with Gasteiger partial charge in [0.25, 0.3) is 15.9 Å². The van der Waals surface area contributed by atoms with Crippen molar-refractivity contribution >= 4 is 27.6 Å². The fourth-order valence-electron chi connectivity index (χ4n) is 4.56. The van der Waals surface area contributed by atoms with Crippen molar-refractivity contribution in [2.24, 2.45) is 0 Å². The number of esters is 1. The van der Waals surface area contributed by atoms with Gasteiger partial charge in [0, 0.05) is 23.4 Å². The van der Waals surface area contributed by atoms with Crippen LogP contribution in [0.1, 0.15) is 39.1 Å². The lowest BCUT2D eigenvalue weighted by Crippen LogP contribution is -2.48. The molecule has 1 fully saturated rings. The summed E-state index contributed by atoms with van der Waals surface area (Å²) in [6.45, 7) is 0.775. The number of carbonyl (C=O) groups is 2. The molecule has 0 aromatic heterocycles. The van der Waals surface area contributed by atoms with Gasteiger partial charge in [-0.25, -0.2) is 17.6 Å². The van der Waals surface area contributed by atoms with Crippen LogP contribution in [0.15, 0.2) is 77.7 Å². The Morgan fingerprint density at radius 3 is 2.56 bits per heavy atom. The summed E-state index contributed by atoms with van der Waals surface area (Å²) >= 11 is 0. The van der Waals surface area contributed by atoms with Gasteiger partial charge in [0.1, 0.15) is 5.82 Å². The summed E-state index contributed by atoms with van der Waals surface area (Å²) in [5, 5.41) is 0. The van der Waals surface area contributed by atoms with E-state index in [1.807, 2.05) is 12.1 Å². The van der Waals surface area contributed by atoms with Crippen molar-refractivity contribution in [2.75, 3.05) is 17.8 Å². The maximum absolute atomic E-state index is 13.4. The van der Waals surface area contributed by atoms with Gasteiger partial charge in [-0.05, 0) is 61.4 Å². The molecule has 0 bridgehead atoms. The molecule has 2 aliphatic heterocycles. The minimum Gasteiger partial charge on any atom is -0.449 e. The number of amides is 1. The number of hydrogen-bond donors (Lipinski definition) is 1. The Kier molecular flexibility index (Phi) is 5.36. The number of nitrogens with one attached hydrogen (secondary N) is 1. The predicted molar refractivity (Wildman–Crippen MR) is 122 cm³/mol. The Bertz CT molecular complexity index is 1390. The zero-order chi connectivity index (χ0) is 23.9. The van der Waals surface area contributed by atoms with E-state index in [2.05, 4.69) is 4.72 Å². The van der Waals surface area contributed by atoms with Gasteiger partial charge >= 0.3 is 5.97 Å². The highest BCUT2D eigenvalue weighted by Crippen LogP contribution is 2.43. The molecule has 9 heteroatoms. The molecule has 1 spiro atoms. The van der Waals surface area contributed by atoms with Gasteiger partial charge in [-0.2, -0.15) is 0 Å².